The lowest BCUT2D eigenvalue weighted by atomic mass is 10.2. The van der Waals surface area contributed by atoms with Crippen LogP contribution in [0, 0.1) is 0 Å². The van der Waals surface area contributed by atoms with E-state index in [1.54, 1.807) is 6.07 Å². The van der Waals surface area contributed by atoms with Gasteiger partial charge >= 0.3 is 0 Å². The summed E-state index contributed by atoms with van der Waals surface area (Å²) in [6.07, 6.45) is 1.96. The topological polar surface area (TPSA) is 55.9 Å². The molecule has 0 spiro atoms. The summed E-state index contributed by atoms with van der Waals surface area (Å²) in [5.74, 6) is 0. The summed E-state index contributed by atoms with van der Waals surface area (Å²) in [6.45, 7) is 3.59. The first-order chi connectivity index (χ1) is 8.19. The Kier molecular flexibility index (Phi) is 3.54. The maximum Gasteiger partial charge on any atom is 0.0815 e. The molecule has 17 heavy (non-hydrogen) atoms. The van der Waals surface area contributed by atoms with Crippen molar-refractivity contribution in [3.63, 3.8) is 0 Å². The molecule has 2 aromatic rings. The van der Waals surface area contributed by atoms with E-state index in [0.717, 1.165) is 17.9 Å². The van der Waals surface area contributed by atoms with Gasteiger partial charge in [-0.25, -0.2) is 0 Å². The van der Waals surface area contributed by atoms with Crippen LogP contribution in [0.1, 0.15) is 12.6 Å². The van der Waals surface area contributed by atoms with Crippen LogP contribution in [-0.4, -0.2) is 9.78 Å². The molecule has 0 unspecified atom stereocenters. The Balaban J connectivity index is 2.02. The third-order valence-corrected chi connectivity index (χ3v) is 2.73. The number of nitrogen functional groups attached to an aromatic ring is 1. The molecule has 0 bridgehead atoms. The van der Waals surface area contributed by atoms with Crippen molar-refractivity contribution >= 4 is 23.0 Å². The van der Waals surface area contributed by atoms with Crippen molar-refractivity contribution in [2.75, 3.05) is 11.1 Å². The monoisotopic (exact) mass is 250 g/mol. The molecule has 0 radical (unpaired) electrons. The third-order valence-electron chi connectivity index (χ3n) is 2.49. The minimum absolute atomic E-state index is 0.642. The van der Waals surface area contributed by atoms with Crippen LogP contribution in [0.25, 0.3) is 0 Å². The number of aromatic nitrogens is 2. The predicted octanol–water partition coefficient (Wildman–Crippen LogP) is 2.75. The molecule has 5 heteroatoms. The van der Waals surface area contributed by atoms with Crippen LogP contribution in [0.15, 0.2) is 30.5 Å². The summed E-state index contributed by atoms with van der Waals surface area (Å²) in [7, 11) is 0. The van der Waals surface area contributed by atoms with Gasteiger partial charge in [0, 0.05) is 17.8 Å². The van der Waals surface area contributed by atoms with E-state index in [-0.39, 0.29) is 0 Å². The van der Waals surface area contributed by atoms with Crippen LogP contribution in [0.2, 0.25) is 5.02 Å². The molecule has 0 fully saturated rings. The second-order valence-electron chi connectivity index (χ2n) is 3.75. The minimum atomic E-state index is 0.642. The number of hydrogen-bond donors (Lipinski definition) is 2. The molecule has 0 atom stereocenters. The fourth-order valence-electron chi connectivity index (χ4n) is 1.55. The molecule has 0 saturated heterocycles. The quantitative estimate of drug-likeness (QED) is 0.821. The van der Waals surface area contributed by atoms with Crippen molar-refractivity contribution < 1.29 is 0 Å². The molecule has 90 valence electrons. The maximum absolute atomic E-state index is 5.84. The van der Waals surface area contributed by atoms with Crippen LogP contribution < -0.4 is 11.1 Å². The van der Waals surface area contributed by atoms with Gasteiger partial charge < -0.3 is 11.1 Å². The molecule has 0 aliphatic heterocycles. The van der Waals surface area contributed by atoms with Crippen molar-refractivity contribution in [2.45, 2.75) is 20.0 Å². The number of nitrogens with two attached hydrogens (primary N) is 1. The lowest BCUT2D eigenvalue weighted by Crippen LogP contribution is -2.04. The first-order valence-electron chi connectivity index (χ1n) is 5.50. The largest absolute Gasteiger partial charge is 0.397 e. The second kappa shape index (κ2) is 5.10. The van der Waals surface area contributed by atoms with Gasteiger partial charge in [0.1, 0.15) is 0 Å². The van der Waals surface area contributed by atoms with Gasteiger partial charge in [-0.1, -0.05) is 11.6 Å². The van der Waals surface area contributed by atoms with E-state index < -0.39 is 0 Å². The van der Waals surface area contributed by atoms with Gasteiger partial charge in [0.2, 0.25) is 0 Å². The maximum atomic E-state index is 5.84. The summed E-state index contributed by atoms with van der Waals surface area (Å²) < 4.78 is 1.89. The molecule has 0 amide bonds. The molecular weight excluding hydrogens is 236 g/mol. The number of nitrogens with zero attached hydrogens (tertiary/aromatic N) is 2. The van der Waals surface area contributed by atoms with Gasteiger partial charge in [-0.3, -0.25) is 4.68 Å². The predicted molar refractivity (Wildman–Crippen MR) is 71.1 cm³/mol. The summed E-state index contributed by atoms with van der Waals surface area (Å²) in [5, 5.41) is 8.25. The normalized spacial score (nSPS) is 10.5. The zero-order chi connectivity index (χ0) is 12.3. The van der Waals surface area contributed by atoms with Crippen LogP contribution in [0.3, 0.4) is 0 Å². The number of nitrogens with one attached hydrogen (secondary N) is 1. The Bertz CT molecular complexity index is 507. The first-order valence-corrected chi connectivity index (χ1v) is 5.88. The van der Waals surface area contributed by atoms with Crippen LogP contribution in [0.4, 0.5) is 11.4 Å². The minimum Gasteiger partial charge on any atom is -0.397 e. The van der Waals surface area contributed by atoms with Gasteiger partial charge in [0.05, 0.1) is 23.6 Å². The highest BCUT2D eigenvalue weighted by atomic mass is 35.5. The molecule has 4 nitrogen and oxygen atoms in total. The Morgan fingerprint density at radius 1 is 1.41 bits per heavy atom. The highest BCUT2D eigenvalue weighted by Gasteiger charge is 2.01. The number of halogens is 1. The van der Waals surface area contributed by atoms with E-state index in [0.29, 0.717) is 17.3 Å². The van der Waals surface area contributed by atoms with E-state index in [1.165, 1.54) is 0 Å². The fourth-order valence-corrected chi connectivity index (χ4v) is 1.74. The zero-order valence-electron chi connectivity index (χ0n) is 9.65. The Hall–Kier alpha value is -1.68. The molecule has 3 N–H and O–H groups in total. The summed E-state index contributed by atoms with van der Waals surface area (Å²) in [6, 6.07) is 7.40. The molecule has 0 saturated carbocycles. The van der Waals surface area contributed by atoms with E-state index in [1.807, 2.05) is 29.1 Å². The Labute approximate surface area is 105 Å². The van der Waals surface area contributed by atoms with Gasteiger partial charge in [0.15, 0.2) is 0 Å². The molecule has 2 rings (SSSR count). The lowest BCUT2D eigenvalue weighted by molar-refractivity contribution is 0.649. The molecule has 0 aliphatic carbocycles. The highest BCUT2D eigenvalue weighted by molar-refractivity contribution is 6.31. The van der Waals surface area contributed by atoms with E-state index in [2.05, 4.69) is 17.3 Å². The number of hydrogen-bond acceptors (Lipinski definition) is 3. The number of rotatable bonds is 4. The smallest absolute Gasteiger partial charge is 0.0815 e. The average molecular weight is 251 g/mol. The van der Waals surface area contributed by atoms with Crippen LogP contribution in [0.5, 0.6) is 0 Å². The molecule has 1 heterocycles. The highest BCUT2D eigenvalue weighted by Crippen LogP contribution is 2.22. The van der Waals surface area contributed by atoms with Crippen LogP contribution in [-0.2, 0) is 13.1 Å². The van der Waals surface area contributed by atoms with E-state index in [9.17, 15) is 0 Å². The number of anilines is 2. The summed E-state index contributed by atoms with van der Waals surface area (Å²) in [5.41, 5.74) is 8.35. The van der Waals surface area contributed by atoms with Gasteiger partial charge in [-0.15, -0.1) is 0 Å². The lowest BCUT2D eigenvalue weighted by Gasteiger charge is -2.07. The van der Waals surface area contributed by atoms with Crippen molar-refractivity contribution in [3.8, 4) is 0 Å². The van der Waals surface area contributed by atoms with Crippen molar-refractivity contribution in [1.82, 2.24) is 9.78 Å². The van der Waals surface area contributed by atoms with Crippen molar-refractivity contribution in [3.05, 3.63) is 41.2 Å². The van der Waals surface area contributed by atoms with Crippen LogP contribution >= 0.6 is 11.6 Å². The molecular formula is C12H15ClN4. The molecule has 0 aliphatic rings. The van der Waals surface area contributed by atoms with E-state index in [4.69, 9.17) is 17.3 Å². The van der Waals surface area contributed by atoms with Gasteiger partial charge in [-0.2, -0.15) is 5.10 Å². The van der Waals surface area contributed by atoms with Crippen molar-refractivity contribution in [1.29, 1.82) is 0 Å². The summed E-state index contributed by atoms with van der Waals surface area (Å²) >= 11 is 5.83. The number of benzene rings is 1. The van der Waals surface area contributed by atoms with Gasteiger partial charge in [0.25, 0.3) is 0 Å². The Morgan fingerprint density at radius 2 is 2.24 bits per heavy atom. The standard InChI is InChI=1S/C12H15ClN4/c1-2-17-6-5-10(16-17)8-15-12-4-3-9(13)7-11(12)14/h3-7,15H,2,8,14H2,1H3. The summed E-state index contributed by atoms with van der Waals surface area (Å²) in [4.78, 5) is 0. The fraction of sp³-hybridized carbons (Fsp3) is 0.250. The first kappa shape index (κ1) is 11.8. The second-order valence-corrected chi connectivity index (χ2v) is 4.18. The van der Waals surface area contributed by atoms with E-state index >= 15 is 0 Å². The zero-order valence-corrected chi connectivity index (χ0v) is 10.4. The SMILES string of the molecule is CCn1ccc(CNc2ccc(Cl)cc2N)n1. The molecule has 1 aromatic heterocycles. The van der Waals surface area contributed by atoms with Crippen molar-refractivity contribution in [2.24, 2.45) is 0 Å². The Morgan fingerprint density at radius 3 is 2.88 bits per heavy atom. The average Bonchev–Trinajstić information content (AvgIpc) is 2.76. The third kappa shape index (κ3) is 2.91. The number of aryl methyl sites for hydroxylation is 1. The molecule has 1 aromatic carbocycles. The van der Waals surface area contributed by atoms with Gasteiger partial charge in [-0.05, 0) is 31.2 Å².